The molecule has 0 bridgehead atoms. The number of carbonyl (C=O) groups excluding carboxylic acids is 1. The van der Waals surface area contributed by atoms with Crippen molar-refractivity contribution in [2.24, 2.45) is 0 Å². The van der Waals surface area contributed by atoms with E-state index in [2.05, 4.69) is 23.1 Å². The summed E-state index contributed by atoms with van der Waals surface area (Å²) in [6, 6.07) is 12.3. The van der Waals surface area contributed by atoms with Gasteiger partial charge in [0.2, 0.25) is 0 Å². The maximum atomic E-state index is 11.6. The Morgan fingerprint density at radius 3 is 2.82 bits per heavy atom. The van der Waals surface area contributed by atoms with Gasteiger partial charge in [0.25, 0.3) is 0 Å². The lowest BCUT2D eigenvalue weighted by molar-refractivity contribution is -0.143. The number of pyridine rings is 1. The number of fused-ring (bicyclic) bond motifs is 2. The number of hydrogen-bond acceptors (Lipinski definition) is 5. The summed E-state index contributed by atoms with van der Waals surface area (Å²) in [6.45, 7) is 5.49. The highest BCUT2D eigenvalue weighted by atomic mass is 16.5. The maximum absolute atomic E-state index is 11.6. The van der Waals surface area contributed by atoms with Crippen molar-refractivity contribution in [3.05, 3.63) is 65.0 Å². The largest absolute Gasteiger partial charge is 0.488 e. The molecule has 0 N–H and O–H groups in total. The van der Waals surface area contributed by atoms with Crippen molar-refractivity contribution in [3.63, 3.8) is 0 Å². The highest BCUT2D eigenvalue weighted by Crippen LogP contribution is 2.39. The van der Waals surface area contributed by atoms with E-state index in [-0.39, 0.29) is 5.97 Å². The second-order valence-corrected chi connectivity index (χ2v) is 7.17. The smallest absolute Gasteiger partial charge is 0.307 e. The first-order valence-electron chi connectivity index (χ1n) is 10.0. The van der Waals surface area contributed by atoms with Crippen LogP contribution in [0.1, 0.15) is 43.0 Å². The molecule has 1 saturated heterocycles. The normalized spacial score (nSPS) is 16.6. The van der Waals surface area contributed by atoms with E-state index < -0.39 is 0 Å². The van der Waals surface area contributed by atoms with Crippen LogP contribution in [0.5, 0.6) is 5.75 Å². The molecule has 2 aromatic rings. The molecular weight excluding hydrogens is 352 g/mol. The average molecular weight is 378 g/mol. The minimum atomic E-state index is -0.111. The topological polar surface area (TPSA) is 51.7 Å². The van der Waals surface area contributed by atoms with Gasteiger partial charge in [0.05, 0.1) is 18.7 Å². The van der Waals surface area contributed by atoms with Crippen LogP contribution in [0.15, 0.2) is 48.2 Å². The maximum Gasteiger partial charge on any atom is 0.307 e. The second-order valence-electron chi connectivity index (χ2n) is 7.17. The molecule has 5 nitrogen and oxygen atoms in total. The number of likely N-dealkylation sites (tertiary alicyclic amines) is 1. The first-order chi connectivity index (χ1) is 13.8. The zero-order valence-corrected chi connectivity index (χ0v) is 16.3. The number of piperidine rings is 1. The van der Waals surface area contributed by atoms with Crippen LogP contribution in [0.25, 0.3) is 5.57 Å². The number of rotatable bonds is 4. The molecule has 0 aliphatic carbocycles. The Hall–Kier alpha value is -2.66. The number of aromatic nitrogens is 1. The van der Waals surface area contributed by atoms with Crippen molar-refractivity contribution < 1.29 is 14.3 Å². The van der Waals surface area contributed by atoms with E-state index in [1.165, 1.54) is 11.1 Å². The van der Waals surface area contributed by atoms with Crippen LogP contribution in [0.3, 0.4) is 0 Å². The number of para-hydroxylation sites is 1. The molecular formula is C23H26N2O3. The van der Waals surface area contributed by atoms with Crippen LogP contribution < -0.4 is 4.74 Å². The molecule has 0 spiro atoms. The number of esters is 1. The Morgan fingerprint density at radius 1 is 1.18 bits per heavy atom. The fraction of sp³-hybridized carbons (Fsp3) is 0.391. The molecule has 0 atom stereocenters. The number of ether oxygens (including phenoxy) is 2. The Morgan fingerprint density at radius 2 is 2.00 bits per heavy atom. The van der Waals surface area contributed by atoms with Gasteiger partial charge in [0.1, 0.15) is 12.4 Å². The van der Waals surface area contributed by atoms with Crippen molar-refractivity contribution in [1.82, 2.24) is 9.88 Å². The Balaban J connectivity index is 1.58. The minimum absolute atomic E-state index is 0.111. The zero-order valence-electron chi connectivity index (χ0n) is 16.3. The van der Waals surface area contributed by atoms with Gasteiger partial charge in [0.15, 0.2) is 0 Å². The summed E-state index contributed by atoms with van der Waals surface area (Å²) in [5.74, 6) is 0.812. The number of nitrogens with zero attached hydrogens (tertiary/aromatic N) is 2. The molecule has 28 heavy (non-hydrogen) atoms. The van der Waals surface area contributed by atoms with Gasteiger partial charge in [-0.2, -0.15) is 0 Å². The van der Waals surface area contributed by atoms with Gasteiger partial charge in [-0.25, -0.2) is 0 Å². The zero-order chi connectivity index (χ0) is 19.3. The third kappa shape index (κ3) is 3.94. The number of benzene rings is 1. The molecule has 2 aliphatic rings. The summed E-state index contributed by atoms with van der Waals surface area (Å²) in [5, 5.41) is 0. The molecule has 2 aliphatic heterocycles. The van der Waals surface area contributed by atoms with Crippen LogP contribution >= 0.6 is 0 Å². The minimum Gasteiger partial charge on any atom is -0.488 e. The lowest BCUT2D eigenvalue weighted by Gasteiger charge is -2.29. The molecule has 0 unspecified atom stereocenters. The molecule has 3 heterocycles. The molecule has 0 radical (unpaired) electrons. The SMILES string of the molecule is CCOC(=O)CCN1CCC(=C2c3ccccc3OCc3cccnc32)CC1. The van der Waals surface area contributed by atoms with E-state index in [4.69, 9.17) is 14.5 Å². The molecule has 1 fully saturated rings. The van der Waals surface area contributed by atoms with E-state index in [9.17, 15) is 4.79 Å². The third-order valence-electron chi connectivity index (χ3n) is 5.42. The van der Waals surface area contributed by atoms with Crippen LogP contribution in [-0.2, 0) is 16.1 Å². The summed E-state index contributed by atoms with van der Waals surface area (Å²) in [4.78, 5) is 18.7. The van der Waals surface area contributed by atoms with Gasteiger partial charge in [-0.15, -0.1) is 0 Å². The fourth-order valence-corrected chi connectivity index (χ4v) is 4.00. The highest BCUT2D eigenvalue weighted by molar-refractivity contribution is 5.85. The molecule has 4 rings (SSSR count). The molecule has 146 valence electrons. The summed E-state index contributed by atoms with van der Waals surface area (Å²) in [6.07, 6.45) is 4.27. The van der Waals surface area contributed by atoms with Crippen LogP contribution in [0, 0.1) is 0 Å². The van der Waals surface area contributed by atoms with Crippen LogP contribution in [0.4, 0.5) is 0 Å². The van der Waals surface area contributed by atoms with Crippen LogP contribution in [0.2, 0.25) is 0 Å². The predicted octanol–water partition coefficient (Wildman–Crippen LogP) is 3.82. The van der Waals surface area contributed by atoms with Gasteiger partial charge < -0.3 is 14.4 Å². The Labute approximate surface area is 166 Å². The van der Waals surface area contributed by atoms with Gasteiger partial charge in [-0.05, 0) is 31.9 Å². The molecule has 1 aromatic carbocycles. The van der Waals surface area contributed by atoms with Crippen molar-refractivity contribution in [2.45, 2.75) is 32.8 Å². The molecule has 0 amide bonds. The Kier molecular flexibility index (Phi) is 5.72. The van der Waals surface area contributed by atoms with E-state index in [0.717, 1.165) is 55.0 Å². The van der Waals surface area contributed by atoms with E-state index >= 15 is 0 Å². The van der Waals surface area contributed by atoms with Crippen LogP contribution in [-0.4, -0.2) is 42.1 Å². The Bertz CT molecular complexity index is 831. The van der Waals surface area contributed by atoms with Crippen molar-refractivity contribution >= 4 is 11.5 Å². The van der Waals surface area contributed by atoms with E-state index in [1.807, 2.05) is 31.3 Å². The predicted molar refractivity (Wildman–Crippen MR) is 108 cm³/mol. The van der Waals surface area contributed by atoms with Crippen molar-refractivity contribution in [3.8, 4) is 5.75 Å². The lowest BCUT2D eigenvalue weighted by atomic mass is 9.89. The highest BCUT2D eigenvalue weighted by Gasteiger charge is 2.25. The van der Waals surface area contributed by atoms with Gasteiger partial charge in [-0.3, -0.25) is 9.78 Å². The van der Waals surface area contributed by atoms with Gasteiger partial charge in [-0.1, -0.05) is 29.8 Å². The van der Waals surface area contributed by atoms with Gasteiger partial charge >= 0.3 is 5.97 Å². The van der Waals surface area contributed by atoms with Crippen molar-refractivity contribution in [1.29, 1.82) is 0 Å². The summed E-state index contributed by atoms with van der Waals surface area (Å²) in [5.41, 5.74) is 5.96. The molecule has 1 aromatic heterocycles. The van der Waals surface area contributed by atoms with Gasteiger partial charge in [0, 0.05) is 42.5 Å². The number of carbonyl (C=O) groups is 1. The third-order valence-corrected chi connectivity index (χ3v) is 5.42. The molecule has 5 heteroatoms. The summed E-state index contributed by atoms with van der Waals surface area (Å²) in [7, 11) is 0. The summed E-state index contributed by atoms with van der Waals surface area (Å²) >= 11 is 0. The standard InChI is InChI=1S/C23H26N2O3/c1-2-27-21(26)11-15-25-13-9-17(10-14-25)22-19-7-3-4-8-20(19)28-16-18-6-5-12-24-23(18)22/h3-8,12H,2,9-11,13-16H2,1H3. The van der Waals surface area contributed by atoms with E-state index in [1.54, 1.807) is 0 Å². The monoisotopic (exact) mass is 378 g/mol. The first kappa shape index (κ1) is 18.7. The lowest BCUT2D eigenvalue weighted by Crippen LogP contribution is -2.33. The average Bonchev–Trinajstić information content (AvgIpc) is 2.90. The summed E-state index contributed by atoms with van der Waals surface area (Å²) < 4.78 is 11.1. The molecule has 0 saturated carbocycles. The number of hydrogen-bond donors (Lipinski definition) is 0. The fourth-order valence-electron chi connectivity index (χ4n) is 4.00. The quantitative estimate of drug-likeness (QED) is 0.757. The van der Waals surface area contributed by atoms with E-state index in [0.29, 0.717) is 19.6 Å². The second kappa shape index (κ2) is 8.57. The first-order valence-corrected chi connectivity index (χ1v) is 10.0. The van der Waals surface area contributed by atoms with Crippen molar-refractivity contribution in [2.75, 3.05) is 26.2 Å².